The lowest BCUT2D eigenvalue weighted by atomic mass is 10.1. The highest BCUT2D eigenvalue weighted by Gasteiger charge is 2.32. The monoisotopic (exact) mass is 188 g/mol. The molecule has 1 N–H and O–H groups in total. The summed E-state index contributed by atoms with van der Waals surface area (Å²) < 4.78 is 0. The molecule has 1 saturated heterocycles. The van der Waals surface area contributed by atoms with Gasteiger partial charge in [-0.2, -0.15) is 12.6 Å². The molecular weight excluding hydrogens is 172 g/mol. The Morgan fingerprint density at radius 3 is 2.75 bits per heavy atom. The van der Waals surface area contributed by atoms with Gasteiger partial charge in [0.25, 0.3) is 0 Å². The third-order valence-corrected chi connectivity index (χ3v) is 2.85. The Hall–Kier alpha value is -0.0600. The van der Waals surface area contributed by atoms with Crippen LogP contribution in [0.5, 0.6) is 0 Å². The molecule has 1 fully saturated rings. The largest absolute Gasteiger partial charge is 0.309 e. The lowest BCUT2D eigenvalue weighted by molar-refractivity contribution is -0.110. The van der Waals surface area contributed by atoms with Gasteiger partial charge in [0.15, 0.2) is 0 Å². The third kappa shape index (κ3) is 2.00. The molecule has 0 amide bonds. The van der Waals surface area contributed by atoms with Crippen LogP contribution in [-0.4, -0.2) is 49.2 Å². The van der Waals surface area contributed by atoms with Gasteiger partial charge >= 0.3 is 0 Å². The van der Waals surface area contributed by atoms with Gasteiger partial charge in [-0.3, -0.25) is 0 Å². The molecule has 0 saturated carbocycles. The number of likely N-dealkylation sites (N-methyl/N-ethyl adjacent to an activating group) is 2. The third-order valence-electron chi connectivity index (χ3n) is 2.47. The van der Waals surface area contributed by atoms with Crippen LogP contribution in [0.25, 0.3) is 0 Å². The van der Waals surface area contributed by atoms with Crippen molar-refractivity contribution in [2.45, 2.75) is 23.8 Å². The van der Waals surface area contributed by atoms with E-state index in [1.54, 1.807) is 0 Å². The lowest BCUT2D eigenvalue weighted by Gasteiger charge is -2.24. The number of hydrogen-bond acceptors (Lipinski definition) is 4. The molecule has 3 nitrogen and oxygen atoms in total. The summed E-state index contributed by atoms with van der Waals surface area (Å²) >= 11 is 4.40. The molecule has 1 unspecified atom stereocenters. The van der Waals surface area contributed by atoms with Gasteiger partial charge in [-0.25, -0.2) is 0 Å². The van der Waals surface area contributed by atoms with Crippen LogP contribution < -0.4 is 5.32 Å². The minimum Gasteiger partial charge on any atom is -0.309 e. The molecule has 0 spiro atoms. The second kappa shape index (κ2) is 4.25. The molecule has 1 aliphatic rings. The summed E-state index contributed by atoms with van der Waals surface area (Å²) in [4.78, 5) is 12.8. The molecule has 0 bridgehead atoms. The number of rotatable bonds is 3. The van der Waals surface area contributed by atoms with E-state index < -0.39 is 0 Å². The van der Waals surface area contributed by atoms with E-state index in [2.05, 4.69) is 22.8 Å². The summed E-state index contributed by atoms with van der Waals surface area (Å²) in [6.07, 6.45) is 1.97. The first-order valence-electron chi connectivity index (χ1n) is 4.20. The number of nitrogens with zero attached hydrogens (tertiary/aromatic N) is 1. The SMILES string of the molecule is CNC(C=O)[C@H]1C[C@@H](S)CN1C. The lowest BCUT2D eigenvalue weighted by Crippen LogP contribution is -2.45. The molecule has 0 aromatic rings. The van der Waals surface area contributed by atoms with E-state index >= 15 is 0 Å². The smallest absolute Gasteiger partial charge is 0.138 e. The summed E-state index contributed by atoms with van der Waals surface area (Å²) in [5.74, 6) is 0. The van der Waals surface area contributed by atoms with E-state index in [1.807, 2.05) is 14.1 Å². The number of carbonyl (C=O) groups excluding carboxylic acids is 1. The van der Waals surface area contributed by atoms with Crippen LogP contribution in [0.1, 0.15) is 6.42 Å². The number of likely N-dealkylation sites (tertiary alicyclic amines) is 1. The Balaban J connectivity index is 2.55. The molecule has 0 aliphatic carbocycles. The number of hydrogen-bond donors (Lipinski definition) is 2. The van der Waals surface area contributed by atoms with Crippen molar-refractivity contribution in [3.05, 3.63) is 0 Å². The summed E-state index contributed by atoms with van der Waals surface area (Å²) in [6.45, 7) is 0.972. The van der Waals surface area contributed by atoms with Gasteiger partial charge in [-0.1, -0.05) is 0 Å². The molecule has 1 rings (SSSR count). The first-order chi connectivity index (χ1) is 5.69. The van der Waals surface area contributed by atoms with Gasteiger partial charge in [0.05, 0.1) is 6.04 Å². The quantitative estimate of drug-likeness (QED) is 0.474. The van der Waals surface area contributed by atoms with Gasteiger partial charge in [0.1, 0.15) is 6.29 Å². The van der Waals surface area contributed by atoms with Crippen LogP contribution in [0, 0.1) is 0 Å². The molecule has 3 atom stereocenters. The van der Waals surface area contributed by atoms with Crippen LogP contribution in [-0.2, 0) is 4.79 Å². The summed E-state index contributed by atoms with van der Waals surface area (Å²) in [6, 6.07) is 0.266. The van der Waals surface area contributed by atoms with Crippen molar-refractivity contribution in [2.75, 3.05) is 20.6 Å². The zero-order chi connectivity index (χ0) is 9.14. The van der Waals surface area contributed by atoms with Gasteiger partial charge in [0, 0.05) is 17.8 Å². The fraction of sp³-hybridized carbons (Fsp3) is 0.875. The van der Waals surface area contributed by atoms with E-state index in [0.29, 0.717) is 11.3 Å². The number of nitrogens with one attached hydrogen (secondary N) is 1. The molecule has 0 radical (unpaired) electrons. The summed E-state index contributed by atoms with van der Waals surface area (Å²) in [5.41, 5.74) is 0. The van der Waals surface area contributed by atoms with Crippen molar-refractivity contribution in [2.24, 2.45) is 0 Å². The predicted molar refractivity (Wildman–Crippen MR) is 52.7 cm³/mol. The Morgan fingerprint density at radius 2 is 2.42 bits per heavy atom. The van der Waals surface area contributed by atoms with E-state index in [1.165, 1.54) is 0 Å². The van der Waals surface area contributed by atoms with Crippen LogP contribution in [0.2, 0.25) is 0 Å². The zero-order valence-electron chi connectivity index (χ0n) is 7.53. The second-order valence-electron chi connectivity index (χ2n) is 3.35. The standard InChI is InChI=1S/C8H16N2OS/c1-9-7(5-11)8-3-6(12)4-10(8)2/h5-9,12H,3-4H2,1-2H3/t6-,7?,8-/m1/s1. The van der Waals surface area contributed by atoms with Crippen molar-refractivity contribution >= 4 is 18.9 Å². The van der Waals surface area contributed by atoms with E-state index in [-0.39, 0.29) is 6.04 Å². The Morgan fingerprint density at radius 1 is 1.75 bits per heavy atom. The van der Waals surface area contributed by atoms with Crippen LogP contribution in [0.15, 0.2) is 0 Å². The molecule has 1 heterocycles. The molecule has 4 heteroatoms. The first kappa shape index (κ1) is 10.0. The van der Waals surface area contributed by atoms with Crippen LogP contribution in [0.3, 0.4) is 0 Å². The highest BCUT2D eigenvalue weighted by atomic mass is 32.1. The Labute approximate surface area is 78.9 Å². The van der Waals surface area contributed by atoms with Gasteiger partial charge in [-0.15, -0.1) is 0 Å². The molecule has 12 heavy (non-hydrogen) atoms. The van der Waals surface area contributed by atoms with E-state index in [9.17, 15) is 4.79 Å². The first-order valence-corrected chi connectivity index (χ1v) is 4.71. The predicted octanol–water partition coefficient (Wildman–Crippen LogP) is -0.224. The molecule has 70 valence electrons. The maximum atomic E-state index is 10.7. The molecular formula is C8H16N2OS. The average Bonchev–Trinajstić information content (AvgIpc) is 2.34. The normalized spacial score (nSPS) is 33.6. The van der Waals surface area contributed by atoms with Crippen molar-refractivity contribution in [3.63, 3.8) is 0 Å². The van der Waals surface area contributed by atoms with Crippen molar-refractivity contribution < 1.29 is 4.79 Å². The van der Waals surface area contributed by atoms with Crippen LogP contribution >= 0.6 is 12.6 Å². The Kier molecular flexibility index (Phi) is 3.55. The number of carbonyl (C=O) groups is 1. The maximum absolute atomic E-state index is 10.7. The maximum Gasteiger partial charge on any atom is 0.138 e. The average molecular weight is 188 g/mol. The fourth-order valence-electron chi connectivity index (χ4n) is 1.77. The topological polar surface area (TPSA) is 32.3 Å². The number of aldehydes is 1. The Bertz CT molecular complexity index is 165. The molecule has 0 aromatic carbocycles. The fourth-order valence-corrected chi connectivity index (χ4v) is 2.25. The highest BCUT2D eigenvalue weighted by Crippen LogP contribution is 2.21. The molecule has 1 aliphatic heterocycles. The van der Waals surface area contributed by atoms with E-state index in [0.717, 1.165) is 19.3 Å². The van der Waals surface area contributed by atoms with Crippen molar-refractivity contribution in [3.8, 4) is 0 Å². The molecule has 0 aromatic heterocycles. The second-order valence-corrected chi connectivity index (χ2v) is 4.08. The van der Waals surface area contributed by atoms with Gasteiger partial charge in [-0.05, 0) is 20.5 Å². The summed E-state index contributed by atoms with van der Waals surface area (Å²) in [7, 11) is 3.85. The van der Waals surface area contributed by atoms with Crippen molar-refractivity contribution in [1.82, 2.24) is 10.2 Å². The minimum atomic E-state index is -0.0489. The van der Waals surface area contributed by atoms with E-state index in [4.69, 9.17) is 0 Å². The zero-order valence-corrected chi connectivity index (χ0v) is 8.42. The highest BCUT2D eigenvalue weighted by molar-refractivity contribution is 7.81. The summed E-state index contributed by atoms with van der Waals surface area (Å²) in [5, 5.41) is 3.41. The van der Waals surface area contributed by atoms with Crippen molar-refractivity contribution in [1.29, 1.82) is 0 Å². The van der Waals surface area contributed by atoms with Gasteiger partial charge in [0.2, 0.25) is 0 Å². The number of thiol groups is 1. The van der Waals surface area contributed by atoms with Gasteiger partial charge < -0.3 is 15.0 Å². The van der Waals surface area contributed by atoms with Crippen LogP contribution in [0.4, 0.5) is 0 Å². The minimum absolute atomic E-state index is 0.0489.